The van der Waals surface area contributed by atoms with Gasteiger partial charge in [-0.15, -0.1) is 0 Å². The van der Waals surface area contributed by atoms with E-state index in [1.807, 2.05) is 13.0 Å². The van der Waals surface area contributed by atoms with Gasteiger partial charge in [-0.05, 0) is 55.5 Å². The summed E-state index contributed by atoms with van der Waals surface area (Å²) in [4.78, 5) is 35.5. The van der Waals surface area contributed by atoms with Crippen LogP contribution in [0.15, 0.2) is 48.5 Å². The van der Waals surface area contributed by atoms with Crippen LogP contribution >= 0.6 is 12.2 Å². The van der Waals surface area contributed by atoms with Crippen molar-refractivity contribution in [3.8, 4) is 0 Å². The van der Waals surface area contributed by atoms with Gasteiger partial charge in [0.05, 0.1) is 12.7 Å². The number of hydrogen-bond donors (Lipinski definition) is 3. The Morgan fingerprint density at radius 2 is 1.54 bits per heavy atom. The van der Waals surface area contributed by atoms with Crippen LogP contribution in [-0.2, 0) is 4.74 Å². The van der Waals surface area contributed by atoms with Crippen LogP contribution in [0, 0.1) is 6.92 Å². The Morgan fingerprint density at radius 3 is 2.15 bits per heavy atom. The highest BCUT2D eigenvalue weighted by atomic mass is 32.1. The molecule has 0 aliphatic rings. The van der Waals surface area contributed by atoms with Crippen molar-refractivity contribution in [3.05, 3.63) is 70.8 Å². The molecule has 8 heteroatoms. The summed E-state index contributed by atoms with van der Waals surface area (Å²) in [6, 6.07) is 12.9. The third-order valence-electron chi connectivity index (χ3n) is 3.37. The number of aryl methyl sites for hydroxylation is 1. The fraction of sp³-hybridized carbons (Fsp3) is 0.111. The van der Waals surface area contributed by atoms with Crippen LogP contribution in [0.3, 0.4) is 0 Å². The molecule has 3 N–H and O–H groups in total. The van der Waals surface area contributed by atoms with Gasteiger partial charge in [0.25, 0.3) is 11.8 Å². The molecule has 2 aromatic rings. The van der Waals surface area contributed by atoms with E-state index in [4.69, 9.17) is 12.2 Å². The molecule has 0 radical (unpaired) electrons. The number of hydrogen-bond acceptors (Lipinski definition) is 5. The highest BCUT2D eigenvalue weighted by Gasteiger charge is 2.11. The van der Waals surface area contributed by atoms with E-state index < -0.39 is 11.9 Å². The molecule has 0 saturated heterocycles. The van der Waals surface area contributed by atoms with E-state index in [1.165, 1.54) is 31.4 Å². The molecule has 2 amide bonds. The summed E-state index contributed by atoms with van der Waals surface area (Å²) in [6.07, 6.45) is 0. The number of carbonyl (C=O) groups excluding carboxylic acids is 3. The maximum Gasteiger partial charge on any atom is 0.337 e. The van der Waals surface area contributed by atoms with Gasteiger partial charge in [0.15, 0.2) is 5.11 Å². The summed E-state index contributed by atoms with van der Waals surface area (Å²) in [5.74, 6) is -1.36. The second kappa shape index (κ2) is 8.72. The summed E-state index contributed by atoms with van der Waals surface area (Å²) in [5, 5.41) is 2.37. The summed E-state index contributed by atoms with van der Waals surface area (Å²) >= 11 is 4.98. The molecule has 0 fully saturated rings. The van der Waals surface area contributed by atoms with Gasteiger partial charge in [0.1, 0.15) is 0 Å². The summed E-state index contributed by atoms with van der Waals surface area (Å²) in [7, 11) is 1.28. The Hall–Kier alpha value is -3.26. The molecule has 0 unspecified atom stereocenters. The van der Waals surface area contributed by atoms with Gasteiger partial charge in [0, 0.05) is 11.1 Å². The van der Waals surface area contributed by atoms with Crippen molar-refractivity contribution < 1.29 is 19.1 Å². The van der Waals surface area contributed by atoms with Crippen LogP contribution in [-0.4, -0.2) is 30.0 Å². The Kier molecular flexibility index (Phi) is 6.40. The summed E-state index contributed by atoms with van der Waals surface area (Å²) < 4.78 is 4.59. The van der Waals surface area contributed by atoms with Gasteiger partial charge in [-0.1, -0.05) is 17.7 Å². The highest BCUT2D eigenvalue weighted by Crippen LogP contribution is 2.06. The quantitative estimate of drug-likeness (QED) is 0.432. The number of benzene rings is 2. The zero-order valence-electron chi connectivity index (χ0n) is 14.2. The highest BCUT2D eigenvalue weighted by molar-refractivity contribution is 7.80. The number of amides is 2. The van der Waals surface area contributed by atoms with Gasteiger partial charge in [-0.3, -0.25) is 25.8 Å². The number of hydrazine groups is 1. The summed E-state index contributed by atoms with van der Waals surface area (Å²) in [5.41, 5.74) is 6.91. The minimum Gasteiger partial charge on any atom is -0.465 e. The molecular formula is C18H17N3O4S. The van der Waals surface area contributed by atoms with E-state index in [9.17, 15) is 14.4 Å². The smallest absolute Gasteiger partial charge is 0.337 e. The van der Waals surface area contributed by atoms with E-state index >= 15 is 0 Å². The predicted molar refractivity (Wildman–Crippen MR) is 99.6 cm³/mol. The normalized spacial score (nSPS) is 9.77. The first-order chi connectivity index (χ1) is 12.4. The molecule has 26 heavy (non-hydrogen) atoms. The lowest BCUT2D eigenvalue weighted by molar-refractivity contribution is 0.0600. The molecule has 0 bridgehead atoms. The van der Waals surface area contributed by atoms with Crippen LogP contribution in [0.1, 0.15) is 36.6 Å². The Morgan fingerprint density at radius 1 is 0.885 bits per heavy atom. The number of ether oxygens (including phenoxy) is 1. The second-order valence-corrected chi connectivity index (χ2v) is 5.71. The number of methoxy groups -OCH3 is 1. The van der Waals surface area contributed by atoms with Gasteiger partial charge < -0.3 is 4.74 Å². The molecule has 2 aromatic carbocycles. The maximum atomic E-state index is 12.1. The average Bonchev–Trinajstić information content (AvgIpc) is 2.65. The van der Waals surface area contributed by atoms with Crippen LogP contribution in [0.4, 0.5) is 0 Å². The predicted octanol–water partition coefficient (Wildman–Crippen LogP) is 1.73. The fourth-order valence-electron chi connectivity index (χ4n) is 2.05. The van der Waals surface area contributed by atoms with E-state index in [-0.39, 0.29) is 11.0 Å². The molecule has 7 nitrogen and oxygen atoms in total. The van der Waals surface area contributed by atoms with Crippen molar-refractivity contribution in [1.82, 2.24) is 16.2 Å². The third kappa shape index (κ3) is 5.12. The van der Waals surface area contributed by atoms with Gasteiger partial charge in [-0.25, -0.2) is 4.79 Å². The first kappa shape index (κ1) is 19.1. The lowest BCUT2D eigenvalue weighted by atomic mass is 10.1. The van der Waals surface area contributed by atoms with Crippen LogP contribution in [0.2, 0.25) is 0 Å². The SMILES string of the molecule is COC(=O)c1ccc(C(=O)NC(=S)NNC(=O)c2cccc(C)c2)cc1. The molecule has 0 aliphatic heterocycles. The van der Waals surface area contributed by atoms with Crippen LogP contribution in [0.25, 0.3) is 0 Å². The van der Waals surface area contributed by atoms with Gasteiger partial charge in [-0.2, -0.15) is 0 Å². The molecule has 2 rings (SSSR count). The van der Waals surface area contributed by atoms with Crippen molar-refractivity contribution in [2.45, 2.75) is 6.92 Å². The Labute approximate surface area is 155 Å². The van der Waals surface area contributed by atoms with E-state index in [0.29, 0.717) is 16.7 Å². The lowest BCUT2D eigenvalue weighted by Crippen LogP contribution is -2.48. The number of rotatable bonds is 3. The van der Waals surface area contributed by atoms with Crippen molar-refractivity contribution in [2.75, 3.05) is 7.11 Å². The largest absolute Gasteiger partial charge is 0.465 e. The molecule has 0 aromatic heterocycles. The summed E-state index contributed by atoms with van der Waals surface area (Å²) in [6.45, 7) is 1.88. The van der Waals surface area contributed by atoms with Crippen molar-refractivity contribution in [3.63, 3.8) is 0 Å². The Bertz CT molecular complexity index is 850. The van der Waals surface area contributed by atoms with Gasteiger partial charge >= 0.3 is 5.97 Å². The average molecular weight is 371 g/mol. The van der Waals surface area contributed by atoms with E-state index in [1.54, 1.807) is 18.2 Å². The Balaban J connectivity index is 1.88. The first-order valence-electron chi connectivity index (χ1n) is 7.57. The lowest BCUT2D eigenvalue weighted by Gasteiger charge is -2.11. The van der Waals surface area contributed by atoms with Gasteiger partial charge in [0.2, 0.25) is 0 Å². The fourth-order valence-corrected chi connectivity index (χ4v) is 2.20. The van der Waals surface area contributed by atoms with Crippen molar-refractivity contribution in [2.24, 2.45) is 0 Å². The maximum absolute atomic E-state index is 12.1. The second-order valence-electron chi connectivity index (χ2n) is 5.30. The van der Waals surface area contributed by atoms with E-state index in [0.717, 1.165) is 5.56 Å². The number of thiocarbonyl (C=S) groups is 1. The minimum absolute atomic E-state index is 0.0620. The van der Waals surface area contributed by atoms with Crippen LogP contribution < -0.4 is 16.2 Å². The first-order valence-corrected chi connectivity index (χ1v) is 7.98. The molecular weight excluding hydrogens is 354 g/mol. The zero-order valence-corrected chi connectivity index (χ0v) is 15.0. The monoisotopic (exact) mass is 371 g/mol. The number of esters is 1. The van der Waals surface area contributed by atoms with Crippen molar-refractivity contribution in [1.29, 1.82) is 0 Å². The molecule has 0 saturated carbocycles. The zero-order chi connectivity index (χ0) is 19.1. The standard InChI is InChI=1S/C18H17N3O4S/c1-11-4-3-5-14(10-11)16(23)20-21-18(26)19-15(22)12-6-8-13(9-7-12)17(24)25-2/h3-10H,1-2H3,(H,20,23)(H2,19,21,22,26). The topological polar surface area (TPSA) is 96.5 Å². The number of carbonyl (C=O) groups is 3. The number of nitrogens with one attached hydrogen (secondary N) is 3. The molecule has 0 spiro atoms. The van der Waals surface area contributed by atoms with E-state index in [2.05, 4.69) is 20.9 Å². The molecule has 0 heterocycles. The third-order valence-corrected chi connectivity index (χ3v) is 3.57. The molecule has 134 valence electrons. The van der Waals surface area contributed by atoms with Crippen LogP contribution in [0.5, 0.6) is 0 Å². The van der Waals surface area contributed by atoms with Crippen molar-refractivity contribution >= 4 is 35.1 Å². The molecule has 0 aliphatic carbocycles. The molecule has 0 atom stereocenters. The minimum atomic E-state index is -0.493.